The van der Waals surface area contributed by atoms with Crippen molar-refractivity contribution in [1.82, 2.24) is 10.3 Å². The topological polar surface area (TPSA) is 108 Å². The molecule has 2 atom stereocenters. The van der Waals surface area contributed by atoms with Gasteiger partial charge in [0.25, 0.3) is 0 Å². The first-order valence-corrected chi connectivity index (χ1v) is 6.23. The van der Waals surface area contributed by atoms with E-state index in [1.165, 1.54) is 6.92 Å². The molecule has 0 amide bonds. The van der Waals surface area contributed by atoms with E-state index in [-0.39, 0.29) is 6.42 Å². The number of aliphatic carboxylic acids is 2. The van der Waals surface area contributed by atoms with Crippen molar-refractivity contribution in [2.75, 3.05) is 0 Å². The summed E-state index contributed by atoms with van der Waals surface area (Å²) >= 11 is 0. The monoisotopic (exact) mass is 272 g/mol. The quantitative estimate of drug-likeness (QED) is 0.684. The zero-order valence-electron chi connectivity index (χ0n) is 10.7. The molecule has 0 aliphatic carbocycles. The minimum Gasteiger partial charge on any atom is -0.548 e. The summed E-state index contributed by atoms with van der Waals surface area (Å²) in [7, 11) is 0. The summed E-state index contributed by atoms with van der Waals surface area (Å²) in [6.45, 7) is 1.39. The zero-order valence-corrected chi connectivity index (χ0v) is 10.7. The fraction of sp³-hybridized carbons (Fsp3) is 0.286. The van der Waals surface area contributed by atoms with Gasteiger partial charge in [0.1, 0.15) is 0 Å². The van der Waals surface area contributed by atoms with E-state index < -0.39 is 23.5 Å². The second-order valence-corrected chi connectivity index (χ2v) is 5.16. The average Bonchev–Trinajstić information content (AvgIpc) is 2.78. The normalized spacial score (nSPS) is 25.4. The fourth-order valence-corrected chi connectivity index (χ4v) is 2.82. The van der Waals surface area contributed by atoms with Gasteiger partial charge < -0.3 is 24.8 Å². The molecule has 1 unspecified atom stereocenters. The summed E-state index contributed by atoms with van der Waals surface area (Å²) in [5, 5.41) is 26.0. The first kappa shape index (κ1) is 12.7. The molecule has 1 aliphatic rings. The zero-order chi connectivity index (χ0) is 14.5. The number of carbonyl (C=O) groups excluding carboxylic acids is 2. The molecular formula is C14H12N2O4-2. The predicted octanol–water partition coefficient (Wildman–Crippen LogP) is -1.60. The minimum absolute atomic E-state index is 0.171. The standard InChI is InChI=1S/C14H14N2O4/c1-14(13(19)20)11-8(6-10(16-14)12(17)18)7-4-2-3-5-9(7)15-11/h2-5,10,15-16H,6H2,1H3,(H,17,18)(H,19,20)/p-2/t10-,14?/m0/s1. The van der Waals surface area contributed by atoms with Crippen LogP contribution >= 0.6 is 0 Å². The third-order valence-corrected chi connectivity index (χ3v) is 3.88. The van der Waals surface area contributed by atoms with E-state index in [9.17, 15) is 19.8 Å². The number of para-hydroxylation sites is 1. The Kier molecular flexibility index (Phi) is 2.58. The highest BCUT2D eigenvalue weighted by Gasteiger charge is 2.40. The van der Waals surface area contributed by atoms with Crippen LogP contribution in [0.3, 0.4) is 0 Å². The van der Waals surface area contributed by atoms with Crippen molar-refractivity contribution in [2.45, 2.75) is 24.9 Å². The average molecular weight is 272 g/mol. The van der Waals surface area contributed by atoms with Crippen LogP contribution in [0.25, 0.3) is 10.9 Å². The van der Waals surface area contributed by atoms with Crippen LogP contribution in [-0.4, -0.2) is 23.0 Å². The highest BCUT2D eigenvalue weighted by molar-refractivity contribution is 5.91. The van der Waals surface area contributed by atoms with Crippen LogP contribution in [0.1, 0.15) is 18.2 Å². The van der Waals surface area contributed by atoms with Crippen molar-refractivity contribution in [2.24, 2.45) is 0 Å². The van der Waals surface area contributed by atoms with E-state index in [1.807, 2.05) is 24.3 Å². The molecule has 1 aromatic carbocycles. The molecule has 0 saturated carbocycles. The van der Waals surface area contributed by atoms with Crippen LogP contribution in [0.4, 0.5) is 0 Å². The molecule has 1 aromatic heterocycles. The number of rotatable bonds is 2. The number of carboxylic acids is 2. The summed E-state index contributed by atoms with van der Waals surface area (Å²) in [6.07, 6.45) is 0.171. The number of nitrogens with one attached hydrogen (secondary N) is 2. The smallest absolute Gasteiger partial charge is 0.0966 e. The van der Waals surface area contributed by atoms with E-state index in [1.54, 1.807) is 0 Å². The minimum atomic E-state index is -1.59. The molecule has 104 valence electrons. The molecule has 1 aliphatic heterocycles. The van der Waals surface area contributed by atoms with Gasteiger partial charge in [0.2, 0.25) is 0 Å². The first-order valence-electron chi connectivity index (χ1n) is 6.23. The SMILES string of the molecule is CC1(C(=O)[O-])N[C@H](C(=O)[O-])Cc2c1[nH]c1ccccc21. The Labute approximate surface area is 114 Å². The number of carboxylic acid groups (broad SMARTS) is 2. The Morgan fingerprint density at radius 2 is 2.00 bits per heavy atom. The summed E-state index contributed by atoms with van der Waals surface area (Å²) in [5.74, 6) is -2.70. The van der Waals surface area contributed by atoms with Crippen LogP contribution in [0.15, 0.2) is 24.3 Å². The number of fused-ring (bicyclic) bond motifs is 3. The van der Waals surface area contributed by atoms with Gasteiger partial charge in [0.05, 0.1) is 23.5 Å². The third-order valence-electron chi connectivity index (χ3n) is 3.88. The van der Waals surface area contributed by atoms with Gasteiger partial charge in [-0.3, -0.25) is 5.32 Å². The lowest BCUT2D eigenvalue weighted by atomic mass is 9.85. The lowest BCUT2D eigenvalue weighted by Gasteiger charge is -2.40. The van der Waals surface area contributed by atoms with Crippen LogP contribution in [0.2, 0.25) is 0 Å². The van der Waals surface area contributed by atoms with Crippen molar-refractivity contribution in [3.63, 3.8) is 0 Å². The van der Waals surface area contributed by atoms with Gasteiger partial charge in [-0.15, -0.1) is 0 Å². The summed E-state index contributed by atoms with van der Waals surface area (Å²) in [6, 6.07) is 6.23. The van der Waals surface area contributed by atoms with Crippen molar-refractivity contribution < 1.29 is 19.8 Å². The molecule has 20 heavy (non-hydrogen) atoms. The molecule has 6 nitrogen and oxygen atoms in total. The number of carbonyl (C=O) groups is 2. The van der Waals surface area contributed by atoms with E-state index in [0.717, 1.165) is 10.9 Å². The van der Waals surface area contributed by atoms with Crippen molar-refractivity contribution in [3.8, 4) is 0 Å². The number of hydrogen-bond donors (Lipinski definition) is 2. The van der Waals surface area contributed by atoms with Crippen molar-refractivity contribution in [3.05, 3.63) is 35.5 Å². The van der Waals surface area contributed by atoms with E-state index in [0.29, 0.717) is 11.3 Å². The van der Waals surface area contributed by atoms with Crippen molar-refractivity contribution >= 4 is 22.8 Å². The fourth-order valence-electron chi connectivity index (χ4n) is 2.82. The molecule has 2 aromatic rings. The molecule has 3 rings (SSSR count). The molecule has 2 heterocycles. The van der Waals surface area contributed by atoms with Gasteiger partial charge in [-0.1, -0.05) is 18.2 Å². The Balaban J connectivity index is 2.27. The van der Waals surface area contributed by atoms with E-state index in [2.05, 4.69) is 10.3 Å². The van der Waals surface area contributed by atoms with Crippen LogP contribution < -0.4 is 15.5 Å². The Morgan fingerprint density at radius 1 is 1.30 bits per heavy atom. The lowest BCUT2D eigenvalue weighted by Crippen LogP contribution is -2.63. The summed E-state index contributed by atoms with van der Waals surface area (Å²) in [5.41, 5.74) is 0.305. The van der Waals surface area contributed by atoms with Gasteiger partial charge in [-0.25, -0.2) is 0 Å². The number of aromatic nitrogens is 1. The second kappa shape index (κ2) is 4.08. The first-order chi connectivity index (χ1) is 9.43. The predicted molar refractivity (Wildman–Crippen MR) is 66.3 cm³/mol. The summed E-state index contributed by atoms with van der Waals surface area (Å²) < 4.78 is 0. The second-order valence-electron chi connectivity index (χ2n) is 5.16. The number of benzene rings is 1. The van der Waals surface area contributed by atoms with Crippen molar-refractivity contribution in [1.29, 1.82) is 0 Å². The molecule has 0 radical (unpaired) electrons. The van der Waals surface area contributed by atoms with Crippen LogP contribution in [-0.2, 0) is 21.5 Å². The maximum Gasteiger partial charge on any atom is 0.0966 e. The third kappa shape index (κ3) is 1.61. The molecule has 6 heteroatoms. The number of aromatic amines is 1. The Morgan fingerprint density at radius 3 is 2.65 bits per heavy atom. The Bertz CT molecular complexity index is 721. The van der Waals surface area contributed by atoms with Crippen LogP contribution in [0.5, 0.6) is 0 Å². The van der Waals surface area contributed by atoms with Gasteiger partial charge in [0, 0.05) is 16.6 Å². The maximum atomic E-state index is 11.5. The highest BCUT2D eigenvalue weighted by atomic mass is 16.4. The van der Waals surface area contributed by atoms with Gasteiger partial charge >= 0.3 is 0 Å². The molecule has 0 bridgehead atoms. The van der Waals surface area contributed by atoms with E-state index >= 15 is 0 Å². The molecule has 0 spiro atoms. The molecule has 0 saturated heterocycles. The van der Waals surface area contributed by atoms with Crippen LogP contribution in [0, 0.1) is 0 Å². The van der Waals surface area contributed by atoms with E-state index in [4.69, 9.17) is 0 Å². The lowest BCUT2D eigenvalue weighted by molar-refractivity contribution is -0.318. The molecular weight excluding hydrogens is 260 g/mol. The largest absolute Gasteiger partial charge is 0.548 e. The molecule has 0 fully saturated rings. The molecule has 2 N–H and O–H groups in total. The summed E-state index contributed by atoms with van der Waals surface area (Å²) in [4.78, 5) is 25.7. The number of H-pyrrole nitrogens is 1. The number of hydrogen-bond acceptors (Lipinski definition) is 5. The maximum absolute atomic E-state index is 11.5. The highest BCUT2D eigenvalue weighted by Crippen LogP contribution is 2.34. The van der Waals surface area contributed by atoms with Gasteiger partial charge in [0.15, 0.2) is 0 Å². The Hall–Kier alpha value is -2.34. The van der Waals surface area contributed by atoms with Gasteiger partial charge in [-0.2, -0.15) is 0 Å². The van der Waals surface area contributed by atoms with Gasteiger partial charge in [-0.05, 0) is 25.0 Å².